The molecule has 11 heteroatoms. The Morgan fingerprint density at radius 2 is 2.17 bits per heavy atom. The third kappa shape index (κ3) is 5.36. The lowest BCUT2D eigenvalue weighted by Crippen LogP contribution is -2.25. The molecule has 1 aromatic carbocycles. The SMILES string of the molecule is CCn1c(CNC(=O)c2cccc(OC)c2)nnc1SC(C)C(=O)Nc1nccs1. The van der Waals surface area contributed by atoms with Gasteiger partial charge in [0, 0.05) is 23.7 Å². The van der Waals surface area contributed by atoms with Crippen molar-refractivity contribution in [3.8, 4) is 5.75 Å². The van der Waals surface area contributed by atoms with Crippen LogP contribution in [-0.2, 0) is 17.9 Å². The molecule has 158 valence electrons. The molecule has 0 aliphatic rings. The molecule has 0 bridgehead atoms. The van der Waals surface area contributed by atoms with Crippen molar-refractivity contribution >= 4 is 40.0 Å². The van der Waals surface area contributed by atoms with Crippen LogP contribution in [0.15, 0.2) is 41.0 Å². The maximum absolute atomic E-state index is 12.4. The van der Waals surface area contributed by atoms with Crippen molar-refractivity contribution in [1.29, 1.82) is 0 Å². The minimum absolute atomic E-state index is 0.159. The maximum Gasteiger partial charge on any atom is 0.251 e. The number of nitrogens with zero attached hydrogens (tertiary/aromatic N) is 4. The van der Waals surface area contributed by atoms with Gasteiger partial charge in [-0.3, -0.25) is 9.59 Å². The summed E-state index contributed by atoms with van der Waals surface area (Å²) in [6.07, 6.45) is 1.64. The maximum atomic E-state index is 12.4. The molecule has 0 radical (unpaired) electrons. The van der Waals surface area contributed by atoms with Crippen molar-refractivity contribution in [2.24, 2.45) is 0 Å². The highest BCUT2D eigenvalue weighted by atomic mass is 32.2. The van der Waals surface area contributed by atoms with Crippen molar-refractivity contribution in [1.82, 2.24) is 25.1 Å². The smallest absolute Gasteiger partial charge is 0.251 e. The van der Waals surface area contributed by atoms with Gasteiger partial charge in [-0.15, -0.1) is 21.5 Å². The summed E-state index contributed by atoms with van der Waals surface area (Å²) in [6.45, 7) is 4.59. The molecule has 2 N–H and O–H groups in total. The third-order valence-corrected chi connectivity index (χ3v) is 5.93. The fourth-order valence-electron chi connectivity index (χ4n) is 2.58. The van der Waals surface area contributed by atoms with E-state index in [1.54, 1.807) is 49.9 Å². The summed E-state index contributed by atoms with van der Waals surface area (Å²) in [5.41, 5.74) is 0.499. The first-order valence-corrected chi connectivity index (χ1v) is 11.0. The Hall–Kier alpha value is -2.92. The number of nitrogens with one attached hydrogen (secondary N) is 2. The van der Waals surface area contributed by atoms with Gasteiger partial charge in [-0.2, -0.15) is 0 Å². The highest BCUT2D eigenvalue weighted by Crippen LogP contribution is 2.24. The summed E-state index contributed by atoms with van der Waals surface area (Å²) in [5, 5.41) is 16.6. The molecule has 2 aromatic heterocycles. The number of carbonyl (C=O) groups excluding carboxylic acids is 2. The van der Waals surface area contributed by atoms with Gasteiger partial charge in [0.2, 0.25) is 5.91 Å². The Labute approximate surface area is 182 Å². The number of methoxy groups -OCH3 is 1. The van der Waals surface area contributed by atoms with E-state index in [9.17, 15) is 9.59 Å². The molecule has 30 heavy (non-hydrogen) atoms. The van der Waals surface area contributed by atoms with Crippen LogP contribution in [0, 0.1) is 0 Å². The summed E-state index contributed by atoms with van der Waals surface area (Å²) in [6, 6.07) is 6.92. The van der Waals surface area contributed by atoms with Gasteiger partial charge in [-0.05, 0) is 32.0 Å². The molecule has 0 fully saturated rings. The molecular formula is C19H22N6O3S2. The first-order chi connectivity index (χ1) is 14.5. The first-order valence-electron chi connectivity index (χ1n) is 9.23. The van der Waals surface area contributed by atoms with Crippen LogP contribution in [0.3, 0.4) is 0 Å². The lowest BCUT2D eigenvalue weighted by Gasteiger charge is -2.12. The molecule has 3 aromatic rings. The second-order valence-corrected chi connectivity index (χ2v) is 8.35. The normalized spacial score (nSPS) is 11.7. The zero-order valence-electron chi connectivity index (χ0n) is 16.8. The van der Waals surface area contributed by atoms with Crippen molar-refractivity contribution in [2.45, 2.75) is 37.3 Å². The van der Waals surface area contributed by atoms with Gasteiger partial charge in [-0.25, -0.2) is 4.98 Å². The lowest BCUT2D eigenvalue weighted by atomic mass is 10.2. The number of ether oxygens (including phenoxy) is 1. The van der Waals surface area contributed by atoms with Gasteiger partial charge in [0.05, 0.1) is 18.9 Å². The number of hydrogen-bond donors (Lipinski definition) is 2. The molecule has 0 aliphatic carbocycles. The Kier molecular flexibility index (Phi) is 7.41. The fraction of sp³-hybridized carbons (Fsp3) is 0.316. The van der Waals surface area contributed by atoms with Crippen molar-refractivity contribution in [2.75, 3.05) is 12.4 Å². The Morgan fingerprint density at radius 3 is 2.87 bits per heavy atom. The van der Waals surface area contributed by atoms with Crippen LogP contribution in [-0.4, -0.2) is 43.9 Å². The van der Waals surface area contributed by atoms with E-state index in [4.69, 9.17) is 4.74 Å². The summed E-state index contributed by atoms with van der Waals surface area (Å²) in [7, 11) is 1.55. The van der Waals surface area contributed by atoms with E-state index >= 15 is 0 Å². The number of benzene rings is 1. The van der Waals surface area contributed by atoms with E-state index in [-0.39, 0.29) is 23.6 Å². The van der Waals surface area contributed by atoms with Crippen LogP contribution in [0.5, 0.6) is 5.75 Å². The largest absolute Gasteiger partial charge is 0.497 e. The quantitative estimate of drug-likeness (QED) is 0.486. The number of amides is 2. The van der Waals surface area contributed by atoms with Crippen LogP contribution < -0.4 is 15.4 Å². The fourth-order valence-corrected chi connectivity index (χ4v) is 4.05. The van der Waals surface area contributed by atoms with Gasteiger partial charge >= 0.3 is 0 Å². The van der Waals surface area contributed by atoms with Crippen LogP contribution in [0.4, 0.5) is 5.13 Å². The van der Waals surface area contributed by atoms with E-state index < -0.39 is 0 Å². The van der Waals surface area contributed by atoms with Gasteiger partial charge in [0.1, 0.15) is 5.75 Å². The van der Waals surface area contributed by atoms with Crippen molar-refractivity contribution in [3.63, 3.8) is 0 Å². The monoisotopic (exact) mass is 446 g/mol. The van der Waals surface area contributed by atoms with Gasteiger partial charge in [0.25, 0.3) is 5.91 Å². The number of hydrogen-bond acceptors (Lipinski definition) is 8. The molecular weight excluding hydrogens is 424 g/mol. The topological polar surface area (TPSA) is 111 Å². The zero-order valence-corrected chi connectivity index (χ0v) is 18.4. The molecule has 1 unspecified atom stereocenters. The summed E-state index contributed by atoms with van der Waals surface area (Å²) in [4.78, 5) is 28.8. The second kappa shape index (κ2) is 10.2. The summed E-state index contributed by atoms with van der Waals surface area (Å²) < 4.78 is 7.03. The van der Waals surface area contributed by atoms with Crippen LogP contribution in [0.2, 0.25) is 0 Å². The molecule has 9 nitrogen and oxygen atoms in total. The van der Waals surface area contributed by atoms with Gasteiger partial charge < -0.3 is 19.9 Å². The van der Waals surface area contributed by atoms with Gasteiger partial charge in [0.15, 0.2) is 16.1 Å². The van der Waals surface area contributed by atoms with E-state index in [1.807, 2.05) is 11.5 Å². The van der Waals surface area contributed by atoms with Crippen LogP contribution in [0.1, 0.15) is 30.0 Å². The molecule has 2 amide bonds. The third-order valence-electron chi connectivity index (χ3n) is 4.16. The summed E-state index contributed by atoms with van der Waals surface area (Å²) >= 11 is 2.67. The number of aromatic nitrogens is 4. The Morgan fingerprint density at radius 1 is 1.33 bits per heavy atom. The van der Waals surface area contributed by atoms with Crippen molar-refractivity contribution in [3.05, 3.63) is 47.2 Å². The molecule has 0 spiro atoms. The van der Waals surface area contributed by atoms with Crippen molar-refractivity contribution < 1.29 is 14.3 Å². The van der Waals surface area contributed by atoms with E-state index in [1.165, 1.54) is 23.1 Å². The molecule has 0 saturated carbocycles. The van der Waals surface area contributed by atoms with E-state index in [0.717, 1.165) is 0 Å². The number of thiazole rings is 1. The number of anilines is 1. The minimum atomic E-state index is -0.386. The Bertz CT molecular complexity index is 1010. The number of carbonyl (C=O) groups is 2. The highest BCUT2D eigenvalue weighted by Gasteiger charge is 2.20. The standard InChI is InChI=1S/C19H22N6O3S2/c1-4-25-15(11-21-17(27)13-6-5-7-14(10-13)28-3)23-24-19(25)30-12(2)16(26)22-18-20-8-9-29-18/h5-10,12H,4,11H2,1-3H3,(H,21,27)(H,20,22,26). The molecule has 2 heterocycles. The molecule has 0 aliphatic heterocycles. The van der Waals surface area contributed by atoms with Gasteiger partial charge in [-0.1, -0.05) is 17.8 Å². The van der Waals surface area contributed by atoms with Crippen LogP contribution >= 0.6 is 23.1 Å². The predicted octanol–water partition coefficient (Wildman–Crippen LogP) is 2.81. The predicted molar refractivity (Wildman–Crippen MR) is 116 cm³/mol. The lowest BCUT2D eigenvalue weighted by molar-refractivity contribution is -0.115. The zero-order chi connectivity index (χ0) is 21.5. The first kappa shape index (κ1) is 21.8. The average Bonchev–Trinajstić information content (AvgIpc) is 3.41. The molecule has 1 atom stereocenters. The minimum Gasteiger partial charge on any atom is -0.497 e. The second-order valence-electron chi connectivity index (χ2n) is 6.14. The highest BCUT2D eigenvalue weighted by molar-refractivity contribution is 8.00. The molecule has 3 rings (SSSR count). The van der Waals surface area contributed by atoms with E-state index in [2.05, 4.69) is 25.8 Å². The Balaban J connectivity index is 1.62. The summed E-state index contributed by atoms with van der Waals surface area (Å²) in [5.74, 6) is 0.838. The number of thioether (sulfide) groups is 1. The molecule has 0 saturated heterocycles. The van der Waals surface area contributed by atoms with E-state index in [0.29, 0.717) is 34.0 Å². The average molecular weight is 447 g/mol. The number of rotatable bonds is 9. The van der Waals surface area contributed by atoms with Crippen LogP contribution in [0.25, 0.3) is 0 Å².